The first-order valence-corrected chi connectivity index (χ1v) is 12.4. The molecule has 1 saturated carbocycles. The molecule has 1 atom stereocenters. The van der Waals surface area contributed by atoms with Gasteiger partial charge < -0.3 is 5.11 Å². The lowest BCUT2D eigenvalue weighted by Crippen LogP contribution is -2.39. The van der Waals surface area contributed by atoms with Gasteiger partial charge in [0.05, 0.1) is 16.3 Å². The molecule has 1 heterocycles. The van der Waals surface area contributed by atoms with E-state index < -0.39 is 29.6 Å². The van der Waals surface area contributed by atoms with Crippen molar-refractivity contribution in [1.82, 2.24) is 4.98 Å². The number of thiazole rings is 1. The average Bonchev–Trinajstić information content (AvgIpc) is 3.36. The molecule has 2 aromatic rings. The summed E-state index contributed by atoms with van der Waals surface area (Å²) in [5.41, 5.74) is -0.381. The van der Waals surface area contributed by atoms with Crippen molar-refractivity contribution in [2.75, 3.05) is 22.5 Å². The molecule has 1 aliphatic rings. The lowest BCUT2D eigenvalue weighted by Gasteiger charge is -2.26. The van der Waals surface area contributed by atoms with Crippen LogP contribution in [-0.2, 0) is 4.79 Å². The number of urea groups is 1. The van der Waals surface area contributed by atoms with E-state index >= 15 is 0 Å². The Labute approximate surface area is 195 Å². The van der Waals surface area contributed by atoms with Crippen LogP contribution >= 0.6 is 39.0 Å². The van der Waals surface area contributed by atoms with Crippen molar-refractivity contribution in [3.8, 4) is 0 Å². The first kappa shape index (κ1) is 23.9. The van der Waals surface area contributed by atoms with Gasteiger partial charge in [0, 0.05) is 16.8 Å². The number of hydrogen-bond acceptors (Lipinski definition) is 5. The van der Waals surface area contributed by atoms with E-state index in [1.807, 2.05) is 0 Å². The molecule has 6 nitrogen and oxygen atoms in total. The number of anilines is 2. The molecule has 0 spiro atoms. The molecule has 0 radical (unpaired) electrons. The number of nitrogens with zero attached hydrogens (tertiary/aromatic N) is 2. The number of halogens is 3. The van der Waals surface area contributed by atoms with Crippen LogP contribution in [0.3, 0.4) is 0 Å². The quantitative estimate of drug-likeness (QED) is 0.393. The Morgan fingerprint density at radius 3 is 2.61 bits per heavy atom. The summed E-state index contributed by atoms with van der Waals surface area (Å²) in [5.74, 6) is -2.50. The van der Waals surface area contributed by atoms with Gasteiger partial charge in [-0.05, 0) is 30.9 Å². The van der Waals surface area contributed by atoms with E-state index in [9.17, 15) is 18.4 Å². The van der Waals surface area contributed by atoms with Crippen molar-refractivity contribution in [3.63, 3.8) is 0 Å². The second-order valence-electron chi connectivity index (χ2n) is 7.44. The van der Waals surface area contributed by atoms with Gasteiger partial charge in [0.25, 0.3) is 0 Å². The fourth-order valence-corrected chi connectivity index (χ4v) is 5.64. The number of rotatable bonds is 8. The molecule has 168 valence electrons. The minimum Gasteiger partial charge on any atom is -0.481 e. The third kappa shape index (κ3) is 6.39. The van der Waals surface area contributed by atoms with Gasteiger partial charge in [-0.3, -0.25) is 15.0 Å². The Balaban J connectivity index is 1.75. The molecule has 0 saturated heterocycles. The largest absolute Gasteiger partial charge is 0.481 e. The summed E-state index contributed by atoms with van der Waals surface area (Å²) in [5, 5.41) is 11.9. The Bertz CT molecular complexity index is 930. The summed E-state index contributed by atoms with van der Waals surface area (Å²) in [6.45, 7) is 1.83. The fourth-order valence-electron chi connectivity index (χ4n) is 3.34. The second kappa shape index (κ2) is 10.7. The Hall–Kier alpha value is -1.72. The number of amides is 2. The Morgan fingerprint density at radius 1 is 1.35 bits per heavy atom. The number of aromatic nitrogens is 1. The van der Waals surface area contributed by atoms with Gasteiger partial charge in [0.2, 0.25) is 0 Å². The van der Waals surface area contributed by atoms with Crippen molar-refractivity contribution < 1.29 is 23.5 Å². The molecule has 1 unspecified atom stereocenters. The van der Waals surface area contributed by atoms with Crippen molar-refractivity contribution in [2.45, 2.75) is 36.8 Å². The summed E-state index contributed by atoms with van der Waals surface area (Å²) in [6.07, 6.45) is 5.43. The highest BCUT2D eigenvalue weighted by Crippen LogP contribution is 2.33. The Morgan fingerprint density at radius 2 is 2.00 bits per heavy atom. The van der Waals surface area contributed by atoms with Crippen LogP contribution in [0.2, 0.25) is 0 Å². The summed E-state index contributed by atoms with van der Waals surface area (Å²) >= 11 is 5.58. The number of carboxylic acids is 1. The van der Waals surface area contributed by atoms with Crippen LogP contribution in [0.5, 0.6) is 0 Å². The van der Waals surface area contributed by atoms with E-state index in [-0.39, 0.29) is 27.8 Å². The maximum atomic E-state index is 14.6. The highest BCUT2D eigenvalue weighted by Gasteiger charge is 2.28. The predicted molar refractivity (Wildman–Crippen MR) is 122 cm³/mol. The van der Waals surface area contributed by atoms with Gasteiger partial charge in [0.15, 0.2) is 16.8 Å². The van der Waals surface area contributed by atoms with Crippen molar-refractivity contribution in [1.29, 1.82) is 0 Å². The fraction of sp³-hybridized carbons (Fsp3) is 0.450. The number of hydrogen-bond donors (Lipinski definition) is 2. The first-order valence-electron chi connectivity index (χ1n) is 9.79. The molecule has 1 aromatic heterocycles. The van der Waals surface area contributed by atoms with E-state index in [0.29, 0.717) is 5.75 Å². The number of carboxylic acid groups (broad SMARTS) is 1. The zero-order valence-corrected chi connectivity index (χ0v) is 20.0. The van der Waals surface area contributed by atoms with Gasteiger partial charge in [-0.2, -0.15) is 0 Å². The monoisotopic (exact) mass is 533 g/mol. The number of nitrogens with one attached hydrogen (secondary N) is 1. The third-order valence-corrected chi connectivity index (χ3v) is 7.83. The summed E-state index contributed by atoms with van der Waals surface area (Å²) in [7, 11) is 0. The van der Waals surface area contributed by atoms with Crippen LogP contribution in [0.4, 0.5) is 24.4 Å². The van der Waals surface area contributed by atoms with Crippen LogP contribution in [0.25, 0.3) is 0 Å². The summed E-state index contributed by atoms with van der Waals surface area (Å²) in [4.78, 5) is 29.2. The van der Waals surface area contributed by atoms with Crippen LogP contribution in [-0.4, -0.2) is 34.4 Å². The molecule has 0 aliphatic heterocycles. The van der Waals surface area contributed by atoms with E-state index in [4.69, 9.17) is 5.11 Å². The average molecular weight is 534 g/mol. The molecular formula is C20H22BrF2N3O3S2. The molecule has 3 rings (SSSR count). The summed E-state index contributed by atoms with van der Waals surface area (Å²) in [6, 6.07) is 1.61. The number of carbonyl (C=O) groups is 2. The maximum Gasteiger partial charge on any atom is 0.328 e. The van der Waals surface area contributed by atoms with E-state index in [1.165, 1.54) is 23.1 Å². The summed E-state index contributed by atoms with van der Waals surface area (Å²) < 4.78 is 30.2. The van der Waals surface area contributed by atoms with Crippen LogP contribution in [0, 0.1) is 23.5 Å². The standard InChI is InChI=1S/C20H22BrF2N3O3S2/c1-11(18(27)28)10-30-16-8-24-19(31-16)25-20(29)26(9-12-4-2-3-5-12)17-14(22)6-13(21)7-15(17)23/h6-8,11-12H,2-5,9-10H2,1H3,(H,27,28)(H,24,25,29). The van der Waals surface area contributed by atoms with Crippen molar-refractivity contribution in [3.05, 3.63) is 34.4 Å². The molecule has 2 amide bonds. The van der Waals surface area contributed by atoms with Gasteiger partial charge in [0.1, 0.15) is 5.69 Å². The molecule has 1 aromatic carbocycles. The topological polar surface area (TPSA) is 82.5 Å². The zero-order valence-electron chi connectivity index (χ0n) is 16.7. The zero-order chi connectivity index (χ0) is 22.5. The van der Waals surface area contributed by atoms with Crippen LogP contribution < -0.4 is 10.2 Å². The van der Waals surface area contributed by atoms with E-state index in [1.54, 1.807) is 13.1 Å². The third-order valence-electron chi connectivity index (χ3n) is 5.01. The Kier molecular flexibility index (Phi) is 8.29. The molecule has 31 heavy (non-hydrogen) atoms. The molecule has 0 bridgehead atoms. The minimum atomic E-state index is -0.883. The number of thioether (sulfide) groups is 1. The lowest BCUT2D eigenvalue weighted by molar-refractivity contribution is -0.140. The van der Waals surface area contributed by atoms with E-state index in [2.05, 4.69) is 26.2 Å². The van der Waals surface area contributed by atoms with Crippen LogP contribution in [0.15, 0.2) is 27.0 Å². The second-order valence-corrected chi connectivity index (χ2v) is 10.7. The normalized spacial score (nSPS) is 15.1. The smallest absolute Gasteiger partial charge is 0.328 e. The van der Waals surface area contributed by atoms with Gasteiger partial charge in [-0.25, -0.2) is 18.6 Å². The molecule has 2 N–H and O–H groups in total. The number of carbonyl (C=O) groups excluding carboxylic acids is 1. The van der Waals surface area contributed by atoms with Crippen molar-refractivity contribution in [2.24, 2.45) is 11.8 Å². The van der Waals surface area contributed by atoms with Crippen molar-refractivity contribution >= 4 is 61.8 Å². The number of benzene rings is 1. The first-order chi connectivity index (χ1) is 14.7. The molecular weight excluding hydrogens is 512 g/mol. The highest BCUT2D eigenvalue weighted by atomic mass is 79.9. The van der Waals surface area contributed by atoms with Gasteiger partial charge in [-0.1, -0.05) is 47.0 Å². The van der Waals surface area contributed by atoms with Gasteiger partial charge >= 0.3 is 12.0 Å². The minimum absolute atomic E-state index is 0.174. The van der Waals surface area contributed by atoms with Gasteiger partial charge in [-0.15, -0.1) is 11.8 Å². The van der Waals surface area contributed by atoms with Crippen LogP contribution in [0.1, 0.15) is 32.6 Å². The molecule has 1 aliphatic carbocycles. The maximum absolute atomic E-state index is 14.6. The lowest BCUT2D eigenvalue weighted by atomic mass is 10.1. The highest BCUT2D eigenvalue weighted by molar-refractivity contribution is 9.10. The predicted octanol–water partition coefficient (Wildman–Crippen LogP) is 6.23. The molecule has 11 heteroatoms. The SMILES string of the molecule is CC(CSc1cnc(NC(=O)N(CC2CCCC2)c2c(F)cc(Br)cc2F)s1)C(=O)O. The van der Waals surface area contributed by atoms with E-state index in [0.717, 1.165) is 46.9 Å². The number of aliphatic carboxylic acids is 1. The molecule has 1 fully saturated rings.